The lowest BCUT2D eigenvalue weighted by Gasteiger charge is -1.91. The van der Waals surface area contributed by atoms with Crippen molar-refractivity contribution < 1.29 is 14.4 Å². The molecule has 0 aliphatic heterocycles. The van der Waals surface area contributed by atoms with Gasteiger partial charge in [0.1, 0.15) is 5.71 Å². The SMILES string of the molecule is CC(=O)O/N=C(\C)C(C)=O. The summed E-state index contributed by atoms with van der Waals surface area (Å²) < 4.78 is 0. The Kier molecular flexibility index (Phi) is 3.32. The van der Waals surface area contributed by atoms with Gasteiger partial charge in [-0.2, -0.15) is 0 Å². The van der Waals surface area contributed by atoms with Gasteiger partial charge in [0.05, 0.1) is 0 Å². The molecule has 0 fully saturated rings. The van der Waals surface area contributed by atoms with Gasteiger partial charge in [0, 0.05) is 13.8 Å². The average Bonchev–Trinajstić information content (AvgIpc) is 1.82. The van der Waals surface area contributed by atoms with Crippen molar-refractivity contribution in [2.75, 3.05) is 0 Å². The summed E-state index contributed by atoms with van der Waals surface area (Å²) in [5.41, 5.74) is 0.190. The predicted octanol–water partition coefficient (Wildman–Crippen LogP) is 0.514. The fourth-order valence-electron chi connectivity index (χ4n) is 0.197. The number of nitrogens with zero attached hydrogens (tertiary/aromatic N) is 1. The van der Waals surface area contributed by atoms with Gasteiger partial charge >= 0.3 is 5.97 Å². The molecule has 0 rings (SSSR count). The molecule has 0 aromatic rings. The van der Waals surface area contributed by atoms with E-state index in [1.54, 1.807) is 0 Å². The van der Waals surface area contributed by atoms with Crippen molar-refractivity contribution in [3.8, 4) is 0 Å². The molecule has 0 spiro atoms. The molecule has 0 N–H and O–H groups in total. The minimum Gasteiger partial charge on any atom is -0.318 e. The molecule has 0 amide bonds. The second-order valence-electron chi connectivity index (χ2n) is 1.82. The Bertz CT molecular complexity index is 183. The molecule has 0 atom stereocenters. The van der Waals surface area contributed by atoms with E-state index < -0.39 is 5.97 Å². The van der Waals surface area contributed by atoms with Crippen LogP contribution in [-0.2, 0) is 14.4 Å². The highest BCUT2D eigenvalue weighted by molar-refractivity contribution is 6.37. The first kappa shape index (κ1) is 8.81. The maximum atomic E-state index is 10.4. The molecule has 4 heteroatoms. The normalized spacial score (nSPS) is 10.9. The van der Waals surface area contributed by atoms with Crippen molar-refractivity contribution >= 4 is 17.5 Å². The number of hydrogen-bond donors (Lipinski definition) is 0. The summed E-state index contributed by atoms with van der Waals surface area (Å²) in [5, 5.41) is 3.24. The maximum Gasteiger partial charge on any atom is 0.331 e. The summed E-state index contributed by atoms with van der Waals surface area (Å²) in [6.45, 7) is 4.05. The third-order valence-electron chi connectivity index (χ3n) is 0.821. The van der Waals surface area contributed by atoms with Crippen LogP contribution in [0, 0.1) is 0 Å². The number of carbonyl (C=O) groups excluding carboxylic acids is 2. The maximum absolute atomic E-state index is 10.4. The van der Waals surface area contributed by atoms with Gasteiger partial charge in [-0.15, -0.1) is 0 Å². The summed E-state index contributed by atoms with van der Waals surface area (Å²) in [4.78, 5) is 24.8. The predicted molar refractivity (Wildman–Crippen MR) is 35.6 cm³/mol. The van der Waals surface area contributed by atoms with E-state index in [-0.39, 0.29) is 11.5 Å². The standard InChI is InChI=1S/C6H9NO3/c1-4(5(2)8)7-10-6(3)9/h1-3H3/b7-4+. The molecular formula is C6H9NO3. The largest absolute Gasteiger partial charge is 0.331 e. The zero-order chi connectivity index (χ0) is 8.15. The van der Waals surface area contributed by atoms with Crippen molar-refractivity contribution in [1.29, 1.82) is 0 Å². The van der Waals surface area contributed by atoms with E-state index in [1.807, 2.05) is 0 Å². The summed E-state index contributed by atoms with van der Waals surface area (Å²) in [5.74, 6) is -0.734. The minimum atomic E-state index is -0.527. The van der Waals surface area contributed by atoms with Gasteiger partial charge in [-0.1, -0.05) is 5.16 Å². The minimum absolute atomic E-state index is 0.190. The number of ketones is 1. The number of oxime groups is 1. The van der Waals surface area contributed by atoms with Crippen molar-refractivity contribution in [3.05, 3.63) is 0 Å². The Morgan fingerprint density at radius 3 is 2.00 bits per heavy atom. The van der Waals surface area contributed by atoms with Gasteiger partial charge in [-0.3, -0.25) is 4.79 Å². The first-order chi connectivity index (χ1) is 4.54. The Morgan fingerprint density at radius 2 is 1.70 bits per heavy atom. The highest BCUT2D eigenvalue weighted by Crippen LogP contribution is 1.82. The highest BCUT2D eigenvalue weighted by atomic mass is 16.7. The van der Waals surface area contributed by atoms with E-state index in [2.05, 4.69) is 9.99 Å². The van der Waals surface area contributed by atoms with E-state index in [0.29, 0.717) is 0 Å². The van der Waals surface area contributed by atoms with Crippen LogP contribution in [-0.4, -0.2) is 17.5 Å². The van der Waals surface area contributed by atoms with Crippen LogP contribution in [0.4, 0.5) is 0 Å². The summed E-state index contributed by atoms with van der Waals surface area (Å²) in [7, 11) is 0. The molecule has 4 nitrogen and oxygen atoms in total. The number of hydrogen-bond acceptors (Lipinski definition) is 4. The second-order valence-corrected chi connectivity index (χ2v) is 1.82. The lowest BCUT2D eigenvalue weighted by molar-refractivity contribution is -0.140. The fraction of sp³-hybridized carbons (Fsp3) is 0.500. The van der Waals surface area contributed by atoms with Crippen LogP contribution in [0.3, 0.4) is 0 Å². The highest BCUT2D eigenvalue weighted by Gasteiger charge is 1.98. The van der Waals surface area contributed by atoms with Gasteiger partial charge in [0.15, 0.2) is 5.78 Å². The van der Waals surface area contributed by atoms with Gasteiger partial charge in [-0.05, 0) is 6.92 Å². The zero-order valence-corrected chi connectivity index (χ0v) is 6.17. The van der Waals surface area contributed by atoms with Crippen LogP contribution < -0.4 is 0 Å². The van der Waals surface area contributed by atoms with Gasteiger partial charge in [0.2, 0.25) is 0 Å². The van der Waals surface area contributed by atoms with Crippen molar-refractivity contribution in [3.63, 3.8) is 0 Å². The molecule has 0 radical (unpaired) electrons. The lowest BCUT2D eigenvalue weighted by Crippen LogP contribution is -2.06. The fourth-order valence-corrected chi connectivity index (χ4v) is 0.197. The first-order valence-corrected chi connectivity index (χ1v) is 2.77. The van der Waals surface area contributed by atoms with Crippen LogP contribution in [0.2, 0.25) is 0 Å². The van der Waals surface area contributed by atoms with Crippen LogP contribution >= 0.6 is 0 Å². The van der Waals surface area contributed by atoms with E-state index in [4.69, 9.17) is 0 Å². The molecule has 0 saturated heterocycles. The average molecular weight is 143 g/mol. The van der Waals surface area contributed by atoms with Crippen molar-refractivity contribution in [1.82, 2.24) is 0 Å². The smallest absolute Gasteiger partial charge is 0.318 e. The quantitative estimate of drug-likeness (QED) is 0.321. The van der Waals surface area contributed by atoms with E-state index in [1.165, 1.54) is 20.8 Å². The van der Waals surface area contributed by atoms with Gasteiger partial charge in [0.25, 0.3) is 0 Å². The van der Waals surface area contributed by atoms with Gasteiger partial charge < -0.3 is 4.84 Å². The molecule has 10 heavy (non-hydrogen) atoms. The summed E-state index contributed by atoms with van der Waals surface area (Å²) >= 11 is 0. The van der Waals surface area contributed by atoms with Crippen LogP contribution in [0.15, 0.2) is 5.16 Å². The molecule has 0 aromatic heterocycles. The van der Waals surface area contributed by atoms with Crippen molar-refractivity contribution in [2.45, 2.75) is 20.8 Å². The molecular weight excluding hydrogens is 134 g/mol. The molecule has 0 unspecified atom stereocenters. The summed E-state index contributed by atoms with van der Waals surface area (Å²) in [6, 6.07) is 0. The Hall–Kier alpha value is -1.19. The Balaban J connectivity index is 3.92. The molecule has 56 valence electrons. The number of Topliss-reactive ketones (excluding diaryl/α,β-unsaturated/α-hetero) is 1. The number of rotatable bonds is 2. The molecule has 0 aliphatic carbocycles. The third-order valence-corrected chi connectivity index (χ3v) is 0.821. The van der Waals surface area contributed by atoms with Gasteiger partial charge in [-0.25, -0.2) is 4.79 Å². The monoisotopic (exact) mass is 143 g/mol. The topological polar surface area (TPSA) is 55.7 Å². The molecule has 0 aromatic carbocycles. The molecule has 0 aliphatic rings. The zero-order valence-electron chi connectivity index (χ0n) is 6.17. The lowest BCUT2D eigenvalue weighted by atomic mass is 10.3. The van der Waals surface area contributed by atoms with E-state index in [9.17, 15) is 9.59 Å². The summed E-state index contributed by atoms with van der Waals surface area (Å²) in [6.07, 6.45) is 0. The van der Waals surface area contributed by atoms with E-state index in [0.717, 1.165) is 0 Å². The molecule has 0 bridgehead atoms. The second kappa shape index (κ2) is 3.76. The van der Waals surface area contributed by atoms with E-state index >= 15 is 0 Å². The Morgan fingerprint density at radius 1 is 1.20 bits per heavy atom. The van der Waals surface area contributed by atoms with Crippen LogP contribution in [0.1, 0.15) is 20.8 Å². The first-order valence-electron chi connectivity index (χ1n) is 2.77. The van der Waals surface area contributed by atoms with Crippen LogP contribution in [0.25, 0.3) is 0 Å². The third kappa shape index (κ3) is 3.77. The molecule has 0 saturated carbocycles. The Labute approximate surface area is 58.8 Å². The van der Waals surface area contributed by atoms with Crippen molar-refractivity contribution in [2.24, 2.45) is 5.16 Å². The van der Waals surface area contributed by atoms with Crippen LogP contribution in [0.5, 0.6) is 0 Å². The molecule has 0 heterocycles. The number of carbonyl (C=O) groups is 2.